The number of primary amides is 1. The summed E-state index contributed by atoms with van der Waals surface area (Å²) in [5.74, 6) is 1.27. The number of hydrogen-bond donors (Lipinski definition) is 1. The van der Waals surface area contributed by atoms with E-state index in [1.165, 1.54) is 5.56 Å². The molecule has 0 saturated carbocycles. The molecule has 1 aliphatic rings. The fraction of sp³-hybridized carbons (Fsp3) is 0.556. The van der Waals surface area contributed by atoms with Gasteiger partial charge in [-0.2, -0.15) is 0 Å². The van der Waals surface area contributed by atoms with E-state index in [1.807, 2.05) is 23.1 Å². The number of carbonyl (C=O) groups is 2. The van der Waals surface area contributed by atoms with Crippen LogP contribution in [0.5, 0.6) is 0 Å². The highest BCUT2D eigenvalue weighted by Crippen LogP contribution is 2.26. The fourth-order valence-electron chi connectivity index (χ4n) is 2.85. The molecule has 1 heterocycles. The third kappa shape index (κ3) is 5.16. The predicted molar refractivity (Wildman–Crippen MR) is 98.7 cm³/mol. The first-order valence-corrected chi connectivity index (χ1v) is 9.52. The summed E-state index contributed by atoms with van der Waals surface area (Å²) in [5.41, 5.74) is 6.59. The number of hydrogen-bond acceptors (Lipinski definition) is 3. The average Bonchev–Trinajstić information content (AvgIpc) is 2.81. The van der Waals surface area contributed by atoms with Crippen LogP contribution < -0.4 is 5.73 Å². The molecule has 1 fully saturated rings. The predicted octanol–water partition coefficient (Wildman–Crippen LogP) is 2.56. The van der Waals surface area contributed by atoms with Gasteiger partial charge < -0.3 is 15.5 Å². The molecule has 0 spiro atoms. The Balaban J connectivity index is 1.96. The van der Waals surface area contributed by atoms with Crippen molar-refractivity contribution < 1.29 is 9.59 Å². The van der Waals surface area contributed by atoms with Gasteiger partial charge in [-0.25, -0.2) is 4.79 Å². The number of rotatable bonds is 5. The first kappa shape index (κ1) is 18.6. The van der Waals surface area contributed by atoms with Gasteiger partial charge in [0.15, 0.2) is 0 Å². The van der Waals surface area contributed by atoms with Crippen LogP contribution in [0, 0.1) is 5.92 Å². The highest BCUT2D eigenvalue weighted by molar-refractivity contribution is 7.99. The molecule has 1 atom stereocenters. The van der Waals surface area contributed by atoms with Gasteiger partial charge in [0, 0.05) is 31.9 Å². The molecule has 0 aromatic heterocycles. The Morgan fingerprint density at radius 2 is 1.71 bits per heavy atom. The minimum absolute atomic E-state index is 0.0645. The number of nitrogens with two attached hydrogens (primary N) is 1. The molecule has 1 aliphatic heterocycles. The van der Waals surface area contributed by atoms with Gasteiger partial charge in [-0.05, 0) is 17.9 Å². The zero-order valence-electron chi connectivity index (χ0n) is 14.5. The van der Waals surface area contributed by atoms with Crippen molar-refractivity contribution in [1.82, 2.24) is 9.80 Å². The van der Waals surface area contributed by atoms with Crippen LogP contribution in [0.2, 0.25) is 0 Å². The summed E-state index contributed by atoms with van der Waals surface area (Å²) in [6, 6.07) is 9.83. The molecule has 5 nitrogen and oxygen atoms in total. The second-order valence-corrected chi connectivity index (χ2v) is 7.60. The molecule has 2 N–H and O–H groups in total. The zero-order chi connectivity index (χ0) is 17.5. The zero-order valence-corrected chi connectivity index (χ0v) is 15.3. The number of urea groups is 1. The van der Waals surface area contributed by atoms with Crippen LogP contribution in [0.1, 0.15) is 25.8 Å². The first-order chi connectivity index (χ1) is 11.5. The molecule has 1 aromatic carbocycles. The van der Waals surface area contributed by atoms with Gasteiger partial charge in [0.25, 0.3) is 0 Å². The van der Waals surface area contributed by atoms with Crippen LogP contribution in [0.4, 0.5) is 4.79 Å². The lowest BCUT2D eigenvalue weighted by Gasteiger charge is -2.28. The summed E-state index contributed by atoms with van der Waals surface area (Å²) < 4.78 is 0. The SMILES string of the molecule is CC(C)[C@H](SCc1ccccc1)C(=O)N1CCCN(C(N)=O)CC1. The minimum atomic E-state index is -0.400. The van der Waals surface area contributed by atoms with E-state index in [9.17, 15) is 9.59 Å². The summed E-state index contributed by atoms with van der Waals surface area (Å²) in [6.45, 7) is 6.59. The van der Waals surface area contributed by atoms with E-state index in [0.717, 1.165) is 12.2 Å². The van der Waals surface area contributed by atoms with Crippen LogP contribution in [0.3, 0.4) is 0 Å². The Bertz CT molecular complexity index is 550. The lowest BCUT2D eigenvalue weighted by atomic mass is 10.1. The number of amides is 3. The van der Waals surface area contributed by atoms with Crippen LogP contribution in [0.25, 0.3) is 0 Å². The van der Waals surface area contributed by atoms with E-state index in [4.69, 9.17) is 5.73 Å². The molecule has 0 radical (unpaired) electrons. The minimum Gasteiger partial charge on any atom is -0.351 e. The Kier molecular flexibility index (Phi) is 6.97. The van der Waals surface area contributed by atoms with Gasteiger partial charge in [0.05, 0.1) is 5.25 Å². The van der Waals surface area contributed by atoms with E-state index < -0.39 is 6.03 Å². The Morgan fingerprint density at radius 1 is 1.08 bits per heavy atom. The maximum absolute atomic E-state index is 13.0. The monoisotopic (exact) mass is 349 g/mol. The standard InChI is InChI=1S/C18H27N3O2S/c1-14(2)16(24-13-15-7-4-3-5-8-15)17(22)20-9-6-10-21(12-11-20)18(19)23/h3-5,7-8,14,16H,6,9-13H2,1-2H3,(H2,19,23)/t16-/m0/s1. The van der Waals surface area contributed by atoms with Crippen LogP contribution in [-0.4, -0.2) is 53.2 Å². The van der Waals surface area contributed by atoms with Crippen molar-refractivity contribution in [2.45, 2.75) is 31.3 Å². The van der Waals surface area contributed by atoms with E-state index in [1.54, 1.807) is 16.7 Å². The number of carbonyl (C=O) groups excluding carboxylic acids is 2. The van der Waals surface area contributed by atoms with E-state index in [-0.39, 0.29) is 17.1 Å². The molecule has 6 heteroatoms. The molecule has 0 unspecified atom stereocenters. The quantitative estimate of drug-likeness (QED) is 0.888. The average molecular weight is 350 g/mol. The van der Waals surface area contributed by atoms with Crippen molar-refractivity contribution in [2.24, 2.45) is 11.7 Å². The molecule has 0 bridgehead atoms. The summed E-state index contributed by atoms with van der Waals surface area (Å²) >= 11 is 1.70. The molecule has 132 valence electrons. The van der Waals surface area contributed by atoms with Gasteiger partial charge >= 0.3 is 6.03 Å². The molecule has 0 aliphatic carbocycles. The molecule has 1 saturated heterocycles. The highest BCUT2D eigenvalue weighted by Gasteiger charge is 2.29. The molecule has 3 amide bonds. The lowest BCUT2D eigenvalue weighted by Crippen LogP contribution is -2.43. The van der Waals surface area contributed by atoms with Gasteiger partial charge in [0.2, 0.25) is 5.91 Å². The molecule has 1 aromatic rings. The van der Waals surface area contributed by atoms with Crippen molar-refractivity contribution >= 4 is 23.7 Å². The van der Waals surface area contributed by atoms with Crippen LogP contribution in [0.15, 0.2) is 30.3 Å². The van der Waals surface area contributed by atoms with Gasteiger partial charge in [-0.1, -0.05) is 44.2 Å². The number of nitrogens with zero attached hydrogens (tertiary/aromatic N) is 2. The van der Waals surface area contributed by atoms with E-state index >= 15 is 0 Å². The van der Waals surface area contributed by atoms with Gasteiger partial charge in [-0.3, -0.25) is 4.79 Å². The van der Waals surface area contributed by atoms with Crippen molar-refractivity contribution in [1.29, 1.82) is 0 Å². The molecular weight excluding hydrogens is 322 g/mol. The number of thioether (sulfide) groups is 1. The Morgan fingerprint density at radius 3 is 2.33 bits per heavy atom. The van der Waals surface area contributed by atoms with Crippen molar-refractivity contribution in [3.8, 4) is 0 Å². The smallest absolute Gasteiger partial charge is 0.314 e. The second kappa shape index (κ2) is 8.97. The fourth-order valence-corrected chi connectivity index (χ4v) is 4.09. The summed E-state index contributed by atoms with van der Waals surface area (Å²) in [7, 11) is 0. The van der Waals surface area contributed by atoms with E-state index in [0.29, 0.717) is 26.2 Å². The van der Waals surface area contributed by atoms with Gasteiger partial charge in [0.1, 0.15) is 0 Å². The highest BCUT2D eigenvalue weighted by atomic mass is 32.2. The summed E-state index contributed by atoms with van der Waals surface area (Å²) in [6.07, 6.45) is 0.781. The van der Waals surface area contributed by atoms with E-state index in [2.05, 4.69) is 26.0 Å². The Labute approximate surface area is 148 Å². The van der Waals surface area contributed by atoms with Crippen molar-refractivity contribution in [3.05, 3.63) is 35.9 Å². The van der Waals surface area contributed by atoms with Crippen molar-refractivity contribution in [2.75, 3.05) is 26.2 Å². The van der Waals surface area contributed by atoms with Gasteiger partial charge in [-0.15, -0.1) is 11.8 Å². The normalized spacial score (nSPS) is 16.8. The van der Waals surface area contributed by atoms with Crippen LogP contribution >= 0.6 is 11.8 Å². The lowest BCUT2D eigenvalue weighted by molar-refractivity contribution is -0.131. The Hall–Kier alpha value is -1.69. The maximum atomic E-state index is 13.0. The molecule has 2 rings (SSSR count). The third-order valence-corrected chi connectivity index (χ3v) is 5.85. The van der Waals surface area contributed by atoms with Crippen molar-refractivity contribution in [3.63, 3.8) is 0 Å². The summed E-state index contributed by atoms with van der Waals surface area (Å²) in [5, 5.41) is -0.0645. The topological polar surface area (TPSA) is 66.6 Å². The first-order valence-electron chi connectivity index (χ1n) is 8.47. The summed E-state index contributed by atoms with van der Waals surface area (Å²) in [4.78, 5) is 27.8. The van der Waals surface area contributed by atoms with Crippen LogP contribution in [-0.2, 0) is 10.5 Å². The third-order valence-electron chi connectivity index (χ3n) is 4.24. The second-order valence-electron chi connectivity index (χ2n) is 6.47. The number of benzene rings is 1. The molecular formula is C18H27N3O2S. The maximum Gasteiger partial charge on any atom is 0.314 e. The largest absolute Gasteiger partial charge is 0.351 e. The molecule has 24 heavy (non-hydrogen) atoms.